The largest absolute Gasteiger partial charge is 0.481 e. The van der Waals surface area contributed by atoms with Crippen molar-refractivity contribution in [1.29, 1.82) is 0 Å². The van der Waals surface area contributed by atoms with E-state index in [0.29, 0.717) is 30.0 Å². The highest BCUT2D eigenvalue weighted by molar-refractivity contribution is 6.31. The van der Waals surface area contributed by atoms with Crippen molar-refractivity contribution in [3.8, 4) is 0 Å². The highest BCUT2D eigenvalue weighted by atomic mass is 35.5. The van der Waals surface area contributed by atoms with E-state index in [0.717, 1.165) is 12.1 Å². The Hall–Kier alpha value is -1.95. The summed E-state index contributed by atoms with van der Waals surface area (Å²) in [6, 6.07) is 4.19. The van der Waals surface area contributed by atoms with Crippen LogP contribution < -0.4 is 0 Å². The molecule has 21 heavy (non-hydrogen) atoms. The molecule has 1 N–H and O–H groups in total. The lowest BCUT2D eigenvalue weighted by Gasteiger charge is -2.03. The molecule has 0 radical (unpaired) electrons. The third-order valence-corrected chi connectivity index (χ3v) is 3.37. The Labute approximate surface area is 126 Å². The van der Waals surface area contributed by atoms with Crippen molar-refractivity contribution in [2.24, 2.45) is 0 Å². The summed E-state index contributed by atoms with van der Waals surface area (Å²) in [6.07, 6.45) is 3.95. The first-order valence-corrected chi connectivity index (χ1v) is 6.97. The van der Waals surface area contributed by atoms with Gasteiger partial charge in [0.25, 0.3) is 0 Å². The normalized spacial score (nSPS) is 10.8. The maximum atomic E-state index is 13.2. The number of aromatic nitrogens is 3. The standard InChI is InChI=1S/C14H15ClFN3O2/c15-13-6-5-11(16)7-10(13)8-19-9-12(17-18-19)3-1-2-4-14(20)21/h5-7,9H,1-4,8H2,(H,20,21). The molecule has 1 heterocycles. The van der Waals surface area contributed by atoms with Gasteiger partial charge >= 0.3 is 5.97 Å². The lowest BCUT2D eigenvalue weighted by atomic mass is 10.1. The van der Waals surface area contributed by atoms with Crippen molar-refractivity contribution in [1.82, 2.24) is 15.0 Å². The number of nitrogens with zero attached hydrogens (tertiary/aromatic N) is 3. The SMILES string of the molecule is O=C(O)CCCCc1cn(Cc2cc(F)ccc2Cl)nn1. The fourth-order valence-electron chi connectivity index (χ4n) is 1.95. The molecule has 5 nitrogen and oxygen atoms in total. The van der Waals surface area contributed by atoms with Crippen LogP contribution in [0.3, 0.4) is 0 Å². The highest BCUT2D eigenvalue weighted by Gasteiger charge is 2.06. The van der Waals surface area contributed by atoms with E-state index in [-0.39, 0.29) is 12.2 Å². The molecule has 2 rings (SSSR count). The van der Waals surface area contributed by atoms with Crippen LogP contribution in [-0.4, -0.2) is 26.1 Å². The number of hydrogen-bond acceptors (Lipinski definition) is 3. The smallest absolute Gasteiger partial charge is 0.303 e. The number of unbranched alkanes of at least 4 members (excludes halogenated alkanes) is 1. The molecular weight excluding hydrogens is 297 g/mol. The predicted octanol–water partition coefficient (Wildman–Crippen LogP) is 2.92. The molecule has 0 aliphatic carbocycles. The van der Waals surface area contributed by atoms with Gasteiger partial charge in [-0.2, -0.15) is 0 Å². The van der Waals surface area contributed by atoms with Gasteiger partial charge in [-0.25, -0.2) is 9.07 Å². The van der Waals surface area contributed by atoms with Crippen LogP contribution in [0.5, 0.6) is 0 Å². The van der Waals surface area contributed by atoms with Gasteiger partial charge in [0.15, 0.2) is 0 Å². The fraction of sp³-hybridized carbons (Fsp3) is 0.357. The number of rotatable bonds is 7. The van der Waals surface area contributed by atoms with Crippen LogP contribution in [0.15, 0.2) is 24.4 Å². The molecule has 0 bridgehead atoms. The van der Waals surface area contributed by atoms with Gasteiger partial charge in [0.05, 0.1) is 12.2 Å². The van der Waals surface area contributed by atoms with Gasteiger partial charge in [0, 0.05) is 17.6 Å². The maximum absolute atomic E-state index is 13.2. The lowest BCUT2D eigenvalue weighted by molar-refractivity contribution is -0.137. The zero-order chi connectivity index (χ0) is 15.2. The highest BCUT2D eigenvalue weighted by Crippen LogP contribution is 2.18. The van der Waals surface area contributed by atoms with E-state index in [1.807, 2.05) is 0 Å². The molecule has 2 aromatic rings. The number of aryl methyl sites for hydroxylation is 1. The van der Waals surface area contributed by atoms with Gasteiger partial charge < -0.3 is 5.11 Å². The third-order valence-electron chi connectivity index (χ3n) is 3.00. The number of carbonyl (C=O) groups is 1. The van der Waals surface area contributed by atoms with Crippen molar-refractivity contribution in [2.45, 2.75) is 32.2 Å². The Balaban J connectivity index is 1.91. The van der Waals surface area contributed by atoms with Gasteiger partial charge in [0.1, 0.15) is 5.82 Å². The Kier molecular flexibility index (Phi) is 5.27. The van der Waals surface area contributed by atoms with Crippen LogP contribution in [0, 0.1) is 5.82 Å². The van der Waals surface area contributed by atoms with Crippen LogP contribution in [0.2, 0.25) is 5.02 Å². The summed E-state index contributed by atoms with van der Waals surface area (Å²) >= 11 is 6.00. The van der Waals surface area contributed by atoms with Crippen molar-refractivity contribution < 1.29 is 14.3 Å². The average Bonchev–Trinajstić information content (AvgIpc) is 2.86. The summed E-state index contributed by atoms with van der Waals surface area (Å²) in [5.41, 5.74) is 1.42. The van der Waals surface area contributed by atoms with Crippen LogP contribution in [0.25, 0.3) is 0 Å². The third kappa shape index (κ3) is 4.82. The molecule has 7 heteroatoms. The van der Waals surface area contributed by atoms with E-state index in [1.165, 1.54) is 18.2 Å². The van der Waals surface area contributed by atoms with E-state index in [4.69, 9.17) is 16.7 Å². The fourth-order valence-corrected chi connectivity index (χ4v) is 2.13. The van der Waals surface area contributed by atoms with Gasteiger partial charge in [-0.15, -0.1) is 5.10 Å². The first-order chi connectivity index (χ1) is 10.0. The van der Waals surface area contributed by atoms with E-state index < -0.39 is 5.97 Å². The van der Waals surface area contributed by atoms with Gasteiger partial charge in [0.2, 0.25) is 0 Å². The second-order valence-electron chi connectivity index (χ2n) is 4.74. The second-order valence-corrected chi connectivity index (χ2v) is 5.15. The molecule has 0 unspecified atom stereocenters. The molecule has 0 spiro atoms. The molecule has 0 fully saturated rings. The predicted molar refractivity (Wildman–Crippen MR) is 75.7 cm³/mol. The molecule has 0 atom stereocenters. The molecule has 0 aliphatic rings. The second kappa shape index (κ2) is 7.17. The number of hydrogen-bond donors (Lipinski definition) is 1. The van der Waals surface area contributed by atoms with Gasteiger partial charge in [-0.05, 0) is 43.0 Å². The Bertz CT molecular complexity index is 630. The minimum atomic E-state index is -0.792. The number of aliphatic carboxylic acids is 1. The number of carboxylic acid groups (broad SMARTS) is 1. The summed E-state index contributed by atoms with van der Waals surface area (Å²) in [7, 11) is 0. The number of halogens is 2. The summed E-state index contributed by atoms with van der Waals surface area (Å²) < 4.78 is 14.8. The van der Waals surface area contributed by atoms with Crippen molar-refractivity contribution in [3.63, 3.8) is 0 Å². The Morgan fingerprint density at radius 2 is 2.19 bits per heavy atom. The minimum Gasteiger partial charge on any atom is -0.481 e. The lowest BCUT2D eigenvalue weighted by Crippen LogP contribution is -2.01. The van der Waals surface area contributed by atoms with E-state index in [2.05, 4.69) is 10.3 Å². The summed E-state index contributed by atoms with van der Waals surface area (Å²) in [5.74, 6) is -1.14. The van der Waals surface area contributed by atoms with Crippen molar-refractivity contribution >= 4 is 17.6 Å². The molecule has 1 aromatic carbocycles. The quantitative estimate of drug-likeness (QED) is 0.798. The van der Waals surface area contributed by atoms with Crippen LogP contribution in [0.4, 0.5) is 4.39 Å². The monoisotopic (exact) mass is 311 g/mol. The molecule has 0 saturated heterocycles. The summed E-state index contributed by atoms with van der Waals surface area (Å²) in [5, 5.41) is 17.0. The molecule has 0 saturated carbocycles. The first kappa shape index (κ1) is 15.4. The molecular formula is C14H15ClFN3O2. The van der Waals surface area contributed by atoms with Crippen molar-refractivity contribution in [2.75, 3.05) is 0 Å². The Morgan fingerprint density at radius 3 is 2.95 bits per heavy atom. The molecule has 0 aliphatic heterocycles. The molecule has 0 amide bonds. The summed E-state index contributed by atoms with van der Waals surface area (Å²) in [4.78, 5) is 10.4. The molecule has 112 valence electrons. The summed E-state index contributed by atoms with van der Waals surface area (Å²) in [6.45, 7) is 0.346. The van der Waals surface area contributed by atoms with Crippen molar-refractivity contribution in [3.05, 3.63) is 46.5 Å². The van der Waals surface area contributed by atoms with Crippen LogP contribution in [0.1, 0.15) is 30.5 Å². The van der Waals surface area contributed by atoms with E-state index in [1.54, 1.807) is 10.9 Å². The maximum Gasteiger partial charge on any atom is 0.303 e. The van der Waals surface area contributed by atoms with Gasteiger partial charge in [-0.1, -0.05) is 16.8 Å². The zero-order valence-electron chi connectivity index (χ0n) is 11.3. The molecule has 1 aromatic heterocycles. The minimum absolute atomic E-state index is 0.160. The van der Waals surface area contributed by atoms with Crippen LogP contribution >= 0.6 is 11.6 Å². The zero-order valence-corrected chi connectivity index (χ0v) is 12.1. The number of carboxylic acids is 1. The topological polar surface area (TPSA) is 68.0 Å². The van der Waals surface area contributed by atoms with Crippen LogP contribution in [-0.2, 0) is 17.8 Å². The average molecular weight is 312 g/mol. The first-order valence-electron chi connectivity index (χ1n) is 6.59. The van der Waals surface area contributed by atoms with Gasteiger partial charge in [-0.3, -0.25) is 4.79 Å². The Morgan fingerprint density at radius 1 is 1.38 bits per heavy atom. The van der Waals surface area contributed by atoms with E-state index >= 15 is 0 Å². The van der Waals surface area contributed by atoms with E-state index in [9.17, 15) is 9.18 Å². The number of benzene rings is 1.